The molecule has 1 heterocycles. The van der Waals surface area contributed by atoms with E-state index < -0.39 is 0 Å². The molecule has 1 aromatic rings. The van der Waals surface area contributed by atoms with Crippen molar-refractivity contribution in [2.24, 2.45) is 0 Å². The highest BCUT2D eigenvalue weighted by Gasteiger charge is 2.23. The number of hydrogen-bond acceptors (Lipinski definition) is 2. The van der Waals surface area contributed by atoms with Crippen molar-refractivity contribution in [3.05, 3.63) is 39.9 Å². The highest BCUT2D eigenvalue weighted by Crippen LogP contribution is 2.39. The van der Waals surface area contributed by atoms with Crippen LogP contribution in [-0.4, -0.2) is 13.2 Å². The fourth-order valence-electron chi connectivity index (χ4n) is 2.15. The number of nitrogens with one attached hydrogen (secondary N) is 1. The molecule has 0 saturated heterocycles. The zero-order valence-corrected chi connectivity index (χ0v) is 11.9. The average Bonchev–Trinajstić information content (AvgIpc) is 2.35. The molecular formula is C14H17Cl2NO. The molecule has 0 amide bonds. The molecule has 0 bridgehead atoms. The molecule has 98 valence electrons. The summed E-state index contributed by atoms with van der Waals surface area (Å²) in [5.41, 5.74) is 1.07. The van der Waals surface area contributed by atoms with Gasteiger partial charge in [0.2, 0.25) is 0 Å². The Balaban J connectivity index is 2.12. The Morgan fingerprint density at radius 2 is 2.28 bits per heavy atom. The number of ether oxygens (including phenoxy) is 1. The Morgan fingerprint density at radius 3 is 3.06 bits per heavy atom. The van der Waals surface area contributed by atoms with E-state index >= 15 is 0 Å². The van der Waals surface area contributed by atoms with E-state index in [4.69, 9.17) is 27.9 Å². The zero-order valence-electron chi connectivity index (χ0n) is 10.4. The van der Waals surface area contributed by atoms with E-state index in [0.717, 1.165) is 30.7 Å². The number of hydrogen-bond donors (Lipinski definition) is 1. The fourth-order valence-corrected chi connectivity index (χ4v) is 2.71. The number of fused-ring (bicyclic) bond motifs is 1. The molecule has 1 atom stereocenters. The number of rotatable bonds is 4. The summed E-state index contributed by atoms with van der Waals surface area (Å²) in [7, 11) is 0. The van der Waals surface area contributed by atoms with Crippen LogP contribution in [0.1, 0.15) is 31.4 Å². The number of halogens is 2. The van der Waals surface area contributed by atoms with E-state index in [2.05, 4.69) is 17.5 Å². The third-order valence-corrected chi connectivity index (χ3v) is 3.50. The number of benzene rings is 1. The molecule has 1 aromatic carbocycles. The Hall–Kier alpha value is -0.700. The van der Waals surface area contributed by atoms with Gasteiger partial charge in [0.1, 0.15) is 5.75 Å². The van der Waals surface area contributed by atoms with Crippen LogP contribution < -0.4 is 10.1 Å². The molecular weight excluding hydrogens is 269 g/mol. The molecule has 18 heavy (non-hydrogen) atoms. The Kier molecular flexibility index (Phi) is 4.93. The summed E-state index contributed by atoms with van der Waals surface area (Å²) < 4.78 is 5.62. The van der Waals surface area contributed by atoms with Gasteiger partial charge in [-0.05, 0) is 32.0 Å². The van der Waals surface area contributed by atoms with Crippen LogP contribution in [0.25, 0.3) is 0 Å². The third-order valence-electron chi connectivity index (χ3n) is 3.00. The minimum Gasteiger partial charge on any atom is -0.492 e. The molecule has 1 unspecified atom stereocenters. The second-order valence-electron chi connectivity index (χ2n) is 4.31. The first kappa shape index (κ1) is 13.7. The molecule has 4 heteroatoms. The van der Waals surface area contributed by atoms with Crippen LogP contribution in [0.15, 0.2) is 24.3 Å². The molecule has 0 aliphatic carbocycles. The molecule has 1 N–H and O–H groups in total. The van der Waals surface area contributed by atoms with Crippen LogP contribution >= 0.6 is 23.2 Å². The van der Waals surface area contributed by atoms with Crippen molar-refractivity contribution in [1.29, 1.82) is 0 Å². The maximum atomic E-state index is 6.15. The first-order valence-electron chi connectivity index (χ1n) is 6.18. The normalized spacial score (nSPS) is 18.7. The van der Waals surface area contributed by atoms with Crippen LogP contribution in [0.5, 0.6) is 5.75 Å². The fraction of sp³-hybridized carbons (Fsp3) is 0.429. The van der Waals surface area contributed by atoms with E-state index in [9.17, 15) is 0 Å². The minimum absolute atomic E-state index is 0.273. The lowest BCUT2D eigenvalue weighted by Gasteiger charge is -2.27. The van der Waals surface area contributed by atoms with Gasteiger partial charge in [-0.1, -0.05) is 35.4 Å². The van der Waals surface area contributed by atoms with Crippen molar-refractivity contribution in [2.45, 2.75) is 25.8 Å². The maximum Gasteiger partial charge on any atom is 0.142 e. The van der Waals surface area contributed by atoms with Crippen LogP contribution in [-0.2, 0) is 0 Å². The Bertz CT molecular complexity index is 446. The SMILES string of the molecule is C/C=C/CCNC1CCOc2c(Cl)cc(Cl)cc21. The smallest absolute Gasteiger partial charge is 0.142 e. The van der Waals surface area contributed by atoms with E-state index in [1.165, 1.54) is 0 Å². The predicted molar refractivity (Wildman–Crippen MR) is 76.7 cm³/mol. The lowest BCUT2D eigenvalue weighted by atomic mass is 10.0. The topological polar surface area (TPSA) is 21.3 Å². The summed E-state index contributed by atoms with van der Waals surface area (Å²) in [6, 6.07) is 3.94. The van der Waals surface area contributed by atoms with Gasteiger partial charge >= 0.3 is 0 Å². The van der Waals surface area contributed by atoms with E-state index in [0.29, 0.717) is 16.7 Å². The quantitative estimate of drug-likeness (QED) is 0.655. The van der Waals surface area contributed by atoms with E-state index in [1.807, 2.05) is 13.0 Å². The summed E-state index contributed by atoms with van der Waals surface area (Å²) in [5, 5.41) is 4.77. The molecule has 2 rings (SSSR count). The maximum absolute atomic E-state index is 6.15. The van der Waals surface area contributed by atoms with Gasteiger partial charge in [-0.15, -0.1) is 0 Å². The predicted octanol–water partition coefficient (Wildman–Crippen LogP) is 4.37. The summed E-state index contributed by atoms with van der Waals surface area (Å²) in [4.78, 5) is 0. The zero-order chi connectivity index (χ0) is 13.0. The van der Waals surface area contributed by atoms with Crippen molar-refractivity contribution in [3.8, 4) is 5.75 Å². The average molecular weight is 286 g/mol. The summed E-state index contributed by atoms with van der Waals surface area (Å²) >= 11 is 12.2. The van der Waals surface area contributed by atoms with Gasteiger partial charge in [0.05, 0.1) is 11.6 Å². The van der Waals surface area contributed by atoms with Gasteiger partial charge in [-0.25, -0.2) is 0 Å². The molecule has 0 spiro atoms. The van der Waals surface area contributed by atoms with Crippen LogP contribution in [0.4, 0.5) is 0 Å². The van der Waals surface area contributed by atoms with Crippen molar-refractivity contribution in [3.63, 3.8) is 0 Å². The van der Waals surface area contributed by atoms with Crippen molar-refractivity contribution < 1.29 is 4.74 Å². The molecule has 2 nitrogen and oxygen atoms in total. The van der Waals surface area contributed by atoms with Crippen molar-refractivity contribution in [2.75, 3.05) is 13.2 Å². The van der Waals surface area contributed by atoms with E-state index in [-0.39, 0.29) is 6.04 Å². The van der Waals surface area contributed by atoms with Gasteiger partial charge in [0.25, 0.3) is 0 Å². The first-order valence-corrected chi connectivity index (χ1v) is 6.94. The minimum atomic E-state index is 0.273. The van der Waals surface area contributed by atoms with Gasteiger partial charge in [0.15, 0.2) is 0 Å². The highest BCUT2D eigenvalue weighted by atomic mass is 35.5. The monoisotopic (exact) mass is 285 g/mol. The second kappa shape index (κ2) is 6.46. The molecule has 0 saturated carbocycles. The highest BCUT2D eigenvalue weighted by molar-refractivity contribution is 6.35. The molecule has 0 aromatic heterocycles. The summed E-state index contributed by atoms with van der Waals surface area (Å²) in [6.07, 6.45) is 6.18. The van der Waals surface area contributed by atoms with Crippen LogP contribution in [0, 0.1) is 0 Å². The first-order chi connectivity index (χ1) is 8.72. The van der Waals surface area contributed by atoms with Crippen LogP contribution in [0.2, 0.25) is 10.0 Å². The largest absolute Gasteiger partial charge is 0.492 e. The lowest BCUT2D eigenvalue weighted by Crippen LogP contribution is -2.27. The third kappa shape index (κ3) is 3.19. The lowest BCUT2D eigenvalue weighted by molar-refractivity contribution is 0.253. The molecule has 1 aliphatic rings. The molecule has 0 radical (unpaired) electrons. The molecule has 1 aliphatic heterocycles. The van der Waals surface area contributed by atoms with Gasteiger partial charge < -0.3 is 10.1 Å². The van der Waals surface area contributed by atoms with Crippen LogP contribution in [0.3, 0.4) is 0 Å². The van der Waals surface area contributed by atoms with Crippen molar-refractivity contribution >= 4 is 23.2 Å². The van der Waals surface area contributed by atoms with Gasteiger partial charge in [-0.2, -0.15) is 0 Å². The standard InChI is InChI=1S/C14H17Cl2NO/c1-2-3-4-6-17-13-5-7-18-14-11(13)8-10(15)9-12(14)16/h2-3,8-9,13,17H,4-7H2,1H3/b3-2+. The second-order valence-corrected chi connectivity index (χ2v) is 5.15. The van der Waals surface area contributed by atoms with Gasteiger partial charge in [-0.3, -0.25) is 0 Å². The summed E-state index contributed by atoms with van der Waals surface area (Å²) in [5.74, 6) is 0.774. The Labute approximate surface area is 118 Å². The van der Waals surface area contributed by atoms with E-state index in [1.54, 1.807) is 6.07 Å². The Morgan fingerprint density at radius 1 is 1.44 bits per heavy atom. The van der Waals surface area contributed by atoms with Crippen molar-refractivity contribution in [1.82, 2.24) is 5.32 Å². The molecule has 0 fully saturated rings. The number of allylic oxidation sites excluding steroid dienone is 1. The summed E-state index contributed by atoms with van der Waals surface area (Å²) in [6.45, 7) is 3.66. The van der Waals surface area contributed by atoms with Gasteiger partial charge in [0, 0.05) is 23.0 Å².